The predicted octanol–water partition coefficient (Wildman–Crippen LogP) is 2.06. The van der Waals surface area contributed by atoms with Crippen LogP contribution in [-0.4, -0.2) is 44.0 Å². The van der Waals surface area contributed by atoms with Gasteiger partial charge in [0, 0.05) is 25.2 Å². The van der Waals surface area contributed by atoms with Crippen LogP contribution in [0.25, 0.3) is 0 Å². The maximum absolute atomic E-state index is 11.7. The van der Waals surface area contributed by atoms with E-state index in [0.29, 0.717) is 6.04 Å². The number of ether oxygens (including phenoxy) is 2. The summed E-state index contributed by atoms with van der Waals surface area (Å²) < 4.78 is 10.5. The lowest BCUT2D eigenvalue weighted by Gasteiger charge is -2.30. The largest absolute Gasteiger partial charge is 0.446 e. The van der Waals surface area contributed by atoms with E-state index in [1.54, 1.807) is 7.11 Å². The van der Waals surface area contributed by atoms with Crippen molar-refractivity contribution in [1.29, 1.82) is 0 Å². The Balaban J connectivity index is 2.17. The molecule has 0 radical (unpaired) electrons. The van der Waals surface area contributed by atoms with E-state index in [9.17, 15) is 4.79 Å². The van der Waals surface area contributed by atoms with Crippen molar-refractivity contribution < 1.29 is 14.3 Å². The summed E-state index contributed by atoms with van der Waals surface area (Å²) in [7, 11) is 1.71. The van der Waals surface area contributed by atoms with E-state index in [2.05, 4.69) is 10.6 Å². The van der Waals surface area contributed by atoms with E-state index in [4.69, 9.17) is 9.47 Å². The molecule has 5 heteroatoms. The van der Waals surface area contributed by atoms with Gasteiger partial charge < -0.3 is 20.1 Å². The van der Waals surface area contributed by atoms with Crippen molar-refractivity contribution in [1.82, 2.24) is 10.6 Å². The van der Waals surface area contributed by atoms with Crippen molar-refractivity contribution in [2.24, 2.45) is 0 Å². The Hall–Kier alpha value is -0.810. The van der Waals surface area contributed by atoms with E-state index in [1.165, 1.54) is 0 Å². The van der Waals surface area contributed by atoms with Gasteiger partial charge >= 0.3 is 6.09 Å². The van der Waals surface area contributed by atoms with Crippen molar-refractivity contribution >= 4 is 6.09 Å². The molecule has 1 aliphatic rings. The molecule has 0 aromatic rings. The summed E-state index contributed by atoms with van der Waals surface area (Å²) in [5, 5.41) is 6.28. The average Bonchev–Trinajstić information content (AvgIpc) is 2.29. The highest BCUT2D eigenvalue weighted by molar-refractivity contribution is 5.68. The van der Waals surface area contributed by atoms with Gasteiger partial charge in [-0.15, -0.1) is 0 Å². The fraction of sp³-hybridized carbons (Fsp3) is 0.929. The Morgan fingerprint density at radius 3 is 2.37 bits per heavy atom. The molecular weight excluding hydrogens is 244 g/mol. The van der Waals surface area contributed by atoms with Gasteiger partial charge in [-0.25, -0.2) is 4.79 Å². The molecule has 0 spiro atoms. The first-order chi connectivity index (χ1) is 8.90. The number of amides is 1. The smallest absolute Gasteiger partial charge is 0.407 e. The number of alkyl carbamates (subject to hydrolysis) is 1. The quantitative estimate of drug-likeness (QED) is 0.752. The molecule has 0 aromatic heterocycles. The van der Waals surface area contributed by atoms with Crippen molar-refractivity contribution in [2.75, 3.05) is 20.3 Å². The van der Waals surface area contributed by atoms with Crippen LogP contribution in [0.3, 0.4) is 0 Å². The zero-order valence-corrected chi connectivity index (χ0v) is 12.6. The van der Waals surface area contributed by atoms with Crippen LogP contribution in [0.15, 0.2) is 0 Å². The Kier molecular flexibility index (Phi) is 6.58. The fourth-order valence-electron chi connectivity index (χ4n) is 2.24. The van der Waals surface area contributed by atoms with Crippen LogP contribution in [-0.2, 0) is 9.47 Å². The first kappa shape index (κ1) is 16.2. The minimum atomic E-state index is -0.303. The Labute approximate surface area is 116 Å². The van der Waals surface area contributed by atoms with Gasteiger partial charge in [0.15, 0.2) is 0 Å². The van der Waals surface area contributed by atoms with Crippen molar-refractivity contribution in [3.05, 3.63) is 0 Å². The molecule has 1 saturated carbocycles. The second-order valence-electron chi connectivity index (χ2n) is 6.20. The summed E-state index contributed by atoms with van der Waals surface area (Å²) in [6, 6.07) is 0.528. The highest BCUT2D eigenvalue weighted by Crippen LogP contribution is 2.21. The summed E-state index contributed by atoms with van der Waals surface area (Å²) in [6.45, 7) is 7.47. The highest BCUT2D eigenvalue weighted by Gasteiger charge is 2.24. The Morgan fingerprint density at radius 2 is 1.84 bits per heavy atom. The number of rotatable bonds is 5. The second-order valence-corrected chi connectivity index (χ2v) is 6.20. The summed E-state index contributed by atoms with van der Waals surface area (Å²) in [4.78, 5) is 11.7. The third-order valence-corrected chi connectivity index (χ3v) is 3.16. The van der Waals surface area contributed by atoms with Crippen LogP contribution in [0.1, 0.15) is 46.5 Å². The molecule has 2 N–H and O–H groups in total. The number of nitrogens with one attached hydrogen (secondary N) is 2. The summed E-state index contributed by atoms with van der Waals surface area (Å²) in [6.07, 6.45) is 3.73. The zero-order valence-electron chi connectivity index (χ0n) is 12.6. The standard InChI is InChI=1S/C14H28N2O3/c1-14(2,3)16-13(17)19-12-7-5-11(6-8-12)15-9-10-18-4/h11-12,15H,5-10H2,1-4H3,(H,16,17). The molecule has 19 heavy (non-hydrogen) atoms. The molecule has 1 fully saturated rings. The van der Waals surface area contributed by atoms with E-state index in [0.717, 1.165) is 38.8 Å². The lowest BCUT2D eigenvalue weighted by atomic mass is 9.93. The molecule has 1 rings (SSSR count). The lowest BCUT2D eigenvalue weighted by Crippen LogP contribution is -2.43. The monoisotopic (exact) mass is 272 g/mol. The first-order valence-electron chi connectivity index (χ1n) is 7.12. The Morgan fingerprint density at radius 1 is 1.21 bits per heavy atom. The van der Waals surface area contributed by atoms with E-state index < -0.39 is 0 Å². The van der Waals surface area contributed by atoms with Crippen LogP contribution >= 0.6 is 0 Å². The summed E-state index contributed by atoms with van der Waals surface area (Å²) >= 11 is 0. The van der Waals surface area contributed by atoms with Crippen LogP contribution in [0.5, 0.6) is 0 Å². The molecule has 5 nitrogen and oxygen atoms in total. The SMILES string of the molecule is COCCNC1CCC(OC(=O)NC(C)(C)C)CC1. The number of methoxy groups -OCH3 is 1. The van der Waals surface area contributed by atoms with Gasteiger partial charge in [-0.1, -0.05) is 0 Å². The normalized spacial score (nSPS) is 24.0. The first-order valence-corrected chi connectivity index (χ1v) is 7.12. The lowest BCUT2D eigenvalue weighted by molar-refractivity contribution is 0.0634. The average molecular weight is 272 g/mol. The van der Waals surface area contributed by atoms with Crippen LogP contribution < -0.4 is 10.6 Å². The molecule has 1 aliphatic carbocycles. The molecule has 0 atom stereocenters. The second kappa shape index (κ2) is 7.70. The van der Waals surface area contributed by atoms with Crippen molar-refractivity contribution in [3.8, 4) is 0 Å². The molecular formula is C14H28N2O3. The van der Waals surface area contributed by atoms with E-state index in [-0.39, 0.29) is 17.7 Å². The molecule has 0 aliphatic heterocycles. The zero-order chi connectivity index (χ0) is 14.3. The molecule has 0 unspecified atom stereocenters. The van der Waals surface area contributed by atoms with Gasteiger partial charge in [0.05, 0.1) is 6.61 Å². The van der Waals surface area contributed by atoms with E-state index in [1.807, 2.05) is 20.8 Å². The maximum Gasteiger partial charge on any atom is 0.407 e. The van der Waals surface area contributed by atoms with Gasteiger partial charge in [0.25, 0.3) is 0 Å². The highest BCUT2D eigenvalue weighted by atomic mass is 16.6. The number of carbonyl (C=O) groups is 1. The number of hydrogen-bond acceptors (Lipinski definition) is 4. The number of hydrogen-bond donors (Lipinski definition) is 2. The van der Waals surface area contributed by atoms with Crippen molar-refractivity contribution in [3.63, 3.8) is 0 Å². The third kappa shape index (κ3) is 7.38. The molecule has 0 aromatic carbocycles. The topological polar surface area (TPSA) is 59.6 Å². The van der Waals surface area contributed by atoms with Gasteiger partial charge in [-0.05, 0) is 46.5 Å². The van der Waals surface area contributed by atoms with E-state index >= 15 is 0 Å². The number of carbonyl (C=O) groups excluding carboxylic acids is 1. The molecule has 0 heterocycles. The third-order valence-electron chi connectivity index (χ3n) is 3.16. The van der Waals surface area contributed by atoms with Gasteiger partial charge in [-0.2, -0.15) is 0 Å². The van der Waals surface area contributed by atoms with Crippen LogP contribution in [0.4, 0.5) is 4.79 Å². The molecule has 112 valence electrons. The minimum Gasteiger partial charge on any atom is -0.446 e. The van der Waals surface area contributed by atoms with Gasteiger partial charge in [0.1, 0.15) is 6.10 Å². The Bertz CT molecular complexity index is 268. The van der Waals surface area contributed by atoms with Crippen LogP contribution in [0.2, 0.25) is 0 Å². The minimum absolute atomic E-state index is 0.0582. The van der Waals surface area contributed by atoms with Gasteiger partial charge in [-0.3, -0.25) is 0 Å². The molecule has 0 bridgehead atoms. The molecule has 1 amide bonds. The predicted molar refractivity (Wildman–Crippen MR) is 75.3 cm³/mol. The summed E-state index contributed by atoms with van der Waals surface area (Å²) in [5.41, 5.74) is -0.240. The van der Waals surface area contributed by atoms with Gasteiger partial charge in [0.2, 0.25) is 0 Å². The van der Waals surface area contributed by atoms with Crippen molar-refractivity contribution in [2.45, 2.75) is 64.1 Å². The maximum atomic E-state index is 11.7. The summed E-state index contributed by atoms with van der Waals surface area (Å²) in [5.74, 6) is 0. The molecule has 0 saturated heterocycles. The fourth-order valence-corrected chi connectivity index (χ4v) is 2.24. The van der Waals surface area contributed by atoms with Crippen LogP contribution in [0, 0.1) is 0 Å².